The van der Waals surface area contributed by atoms with Crippen LogP contribution in [0.15, 0.2) is 47.5 Å². The lowest BCUT2D eigenvalue weighted by Crippen LogP contribution is -2.30. The third kappa shape index (κ3) is 3.94. The van der Waals surface area contributed by atoms with Gasteiger partial charge in [0.15, 0.2) is 0 Å². The first-order valence-electron chi connectivity index (χ1n) is 8.12. The largest absolute Gasteiger partial charge is 0.290 e. The first-order valence-corrected chi connectivity index (χ1v) is 11.6. The van der Waals surface area contributed by atoms with Crippen molar-refractivity contribution in [2.45, 2.75) is 63.3 Å². The number of aliphatic imine (C=N–C) groups is 1. The van der Waals surface area contributed by atoms with Crippen molar-refractivity contribution in [3.8, 4) is 0 Å². The fourth-order valence-corrected chi connectivity index (χ4v) is 6.01. The van der Waals surface area contributed by atoms with E-state index in [1.54, 1.807) is 0 Å². The Hall–Kier alpha value is -1.15. The Morgan fingerprint density at radius 3 is 2.43 bits per heavy atom. The van der Waals surface area contributed by atoms with Crippen molar-refractivity contribution in [1.82, 2.24) is 0 Å². The summed E-state index contributed by atoms with van der Waals surface area (Å²) in [5, 5.41) is 0.538. The third-order valence-corrected chi connectivity index (χ3v) is 8.66. The standard InChI is InChI=1S/C19H29NSi/c1-16-14-19(16,21(3,4)5)13-9-10-17(2)20-15-18-11-7-6-8-12-18/h6-8,11-12,15,17H,1,9-10,13-14H2,2-5H3. The molecule has 0 N–H and O–H groups in total. The van der Waals surface area contributed by atoms with Crippen molar-refractivity contribution in [3.05, 3.63) is 48.0 Å². The monoisotopic (exact) mass is 299 g/mol. The van der Waals surface area contributed by atoms with Crippen LogP contribution in [0, 0.1) is 0 Å². The molecule has 1 nitrogen and oxygen atoms in total. The van der Waals surface area contributed by atoms with E-state index in [9.17, 15) is 0 Å². The summed E-state index contributed by atoms with van der Waals surface area (Å²) in [5.41, 5.74) is 2.71. The zero-order valence-corrected chi connectivity index (χ0v) is 15.0. The van der Waals surface area contributed by atoms with Crippen molar-refractivity contribution in [2.75, 3.05) is 0 Å². The highest BCUT2D eigenvalue weighted by Crippen LogP contribution is 2.67. The molecular weight excluding hydrogens is 270 g/mol. The Morgan fingerprint density at radius 1 is 1.29 bits per heavy atom. The summed E-state index contributed by atoms with van der Waals surface area (Å²) in [6, 6.07) is 10.8. The molecule has 0 bridgehead atoms. The first kappa shape index (κ1) is 16.2. The van der Waals surface area contributed by atoms with E-state index in [-0.39, 0.29) is 0 Å². The molecule has 1 aliphatic carbocycles. The summed E-state index contributed by atoms with van der Waals surface area (Å²) >= 11 is 0. The lowest BCUT2D eigenvalue weighted by atomic mass is 10.1. The SMILES string of the molecule is C=C1CC1(CCCC(C)N=Cc1ccccc1)[Si](C)(C)C. The Morgan fingerprint density at radius 2 is 1.90 bits per heavy atom. The van der Waals surface area contributed by atoms with E-state index in [0.29, 0.717) is 11.1 Å². The summed E-state index contributed by atoms with van der Waals surface area (Å²) in [4.78, 5) is 4.68. The molecule has 0 amide bonds. The van der Waals surface area contributed by atoms with Gasteiger partial charge in [0.25, 0.3) is 0 Å². The average Bonchev–Trinajstić information content (AvgIpc) is 3.09. The molecule has 21 heavy (non-hydrogen) atoms. The zero-order valence-electron chi connectivity index (χ0n) is 14.0. The second-order valence-corrected chi connectivity index (χ2v) is 13.0. The molecule has 1 aromatic rings. The molecule has 1 saturated carbocycles. The molecule has 2 atom stereocenters. The Labute approximate surface area is 131 Å². The lowest BCUT2D eigenvalue weighted by Gasteiger charge is -2.29. The van der Waals surface area contributed by atoms with E-state index in [1.807, 2.05) is 12.3 Å². The van der Waals surface area contributed by atoms with Gasteiger partial charge < -0.3 is 0 Å². The number of hydrogen-bond acceptors (Lipinski definition) is 1. The molecule has 2 heteroatoms. The first-order chi connectivity index (χ1) is 9.85. The molecular formula is C19H29NSi. The van der Waals surface area contributed by atoms with Crippen LogP contribution in [0.1, 0.15) is 38.2 Å². The van der Waals surface area contributed by atoms with Gasteiger partial charge in [-0.3, -0.25) is 4.99 Å². The van der Waals surface area contributed by atoms with Crippen LogP contribution in [0.3, 0.4) is 0 Å². The van der Waals surface area contributed by atoms with E-state index in [0.717, 1.165) is 0 Å². The number of rotatable bonds is 7. The molecule has 1 aliphatic rings. The average molecular weight is 300 g/mol. The van der Waals surface area contributed by atoms with Gasteiger partial charge in [0, 0.05) is 12.3 Å². The Bertz CT molecular complexity index is 512. The maximum atomic E-state index is 4.68. The molecule has 0 heterocycles. The van der Waals surface area contributed by atoms with Gasteiger partial charge in [0.1, 0.15) is 0 Å². The molecule has 0 saturated heterocycles. The van der Waals surface area contributed by atoms with E-state index in [4.69, 9.17) is 0 Å². The molecule has 1 aromatic carbocycles. The summed E-state index contributed by atoms with van der Waals surface area (Å²) in [6.07, 6.45) is 7.07. The van der Waals surface area contributed by atoms with Crippen molar-refractivity contribution >= 4 is 14.3 Å². The molecule has 114 valence electrons. The van der Waals surface area contributed by atoms with Gasteiger partial charge in [-0.25, -0.2) is 0 Å². The molecule has 1 fully saturated rings. The highest BCUT2D eigenvalue weighted by Gasteiger charge is 2.55. The smallest absolute Gasteiger partial charge is 0.0556 e. The predicted molar refractivity (Wildman–Crippen MR) is 97.1 cm³/mol. The Kier molecular flexibility index (Phi) is 4.87. The van der Waals surface area contributed by atoms with E-state index >= 15 is 0 Å². The van der Waals surface area contributed by atoms with Crippen molar-refractivity contribution in [2.24, 2.45) is 4.99 Å². The van der Waals surface area contributed by atoms with Gasteiger partial charge in [-0.2, -0.15) is 0 Å². The highest BCUT2D eigenvalue weighted by atomic mass is 28.3. The van der Waals surface area contributed by atoms with Crippen LogP contribution in [0.25, 0.3) is 0 Å². The minimum absolute atomic E-state index is 0.413. The van der Waals surface area contributed by atoms with Gasteiger partial charge >= 0.3 is 0 Å². The fourth-order valence-electron chi connectivity index (χ4n) is 3.28. The number of allylic oxidation sites excluding steroid dienone is 1. The van der Waals surface area contributed by atoms with Crippen LogP contribution < -0.4 is 0 Å². The normalized spacial score (nSPS) is 23.5. The van der Waals surface area contributed by atoms with Gasteiger partial charge in [0.05, 0.1) is 8.07 Å². The maximum absolute atomic E-state index is 4.68. The van der Waals surface area contributed by atoms with Gasteiger partial charge in [-0.15, -0.1) is 0 Å². The minimum Gasteiger partial charge on any atom is -0.290 e. The quantitative estimate of drug-likeness (QED) is 0.348. The van der Waals surface area contributed by atoms with Crippen LogP contribution in [-0.2, 0) is 0 Å². The number of nitrogens with zero attached hydrogens (tertiary/aromatic N) is 1. The van der Waals surface area contributed by atoms with Crippen LogP contribution >= 0.6 is 0 Å². The summed E-state index contributed by atoms with van der Waals surface area (Å²) < 4.78 is 0. The number of hydrogen-bond donors (Lipinski definition) is 0. The fraction of sp³-hybridized carbons (Fsp3) is 0.526. The molecule has 0 spiro atoms. The molecule has 0 aromatic heterocycles. The van der Waals surface area contributed by atoms with Crippen molar-refractivity contribution in [1.29, 1.82) is 0 Å². The Balaban J connectivity index is 1.79. The number of benzene rings is 1. The molecule has 0 radical (unpaired) electrons. The van der Waals surface area contributed by atoms with Gasteiger partial charge in [-0.05, 0) is 36.8 Å². The van der Waals surface area contributed by atoms with E-state index in [2.05, 4.69) is 62.4 Å². The summed E-state index contributed by atoms with van der Waals surface area (Å²) in [7, 11) is -1.12. The predicted octanol–water partition coefficient (Wildman–Crippen LogP) is 5.70. The molecule has 0 aliphatic heterocycles. The summed E-state index contributed by atoms with van der Waals surface area (Å²) in [6.45, 7) is 14.0. The van der Waals surface area contributed by atoms with Crippen molar-refractivity contribution < 1.29 is 0 Å². The topological polar surface area (TPSA) is 12.4 Å². The van der Waals surface area contributed by atoms with Crippen LogP contribution in [0.2, 0.25) is 24.7 Å². The molecule has 2 rings (SSSR count). The van der Waals surface area contributed by atoms with E-state index < -0.39 is 8.07 Å². The second-order valence-electron chi connectivity index (χ2n) is 7.54. The third-order valence-electron chi connectivity index (χ3n) is 5.01. The van der Waals surface area contributed by atoms with E-state index in [1.165, 1.54) is 36.8 Å². The van der Waals surface area contributed by atoms with Crippen LogP contribution in [0.5, 0.6) is 0 Å². The molecule has 2 unspecified atom stereocenters. The van der Waals surface area contributed by atoms with Gasteiger partial charge in [-0.1, -0.05) is 68.5 Å². The van der Waals surface area contributed by atoms with Crippen LogP contribution in [-0.4, -0.2) is 20.3 Å². The lowest BCUT2D eigenvalue weighted by molar-refractivity contribution is 0.579. The minimum atomic E-state index is -1.12. The van der Waals surface area contributed by atoms with Crippen molar-refractivity contribution in [3.63, 3.8) is 0 Å². The van der Waals surface area contributed by atoms with Gasteiger partial charge in [0.2, 0.25) is 0 Å². The second kappa shape index (κ2) is 6.31. The maximum Gasteiger partial charge on any atom is 0.0556 e. The van der Waals surface area contributed by atoms with Crippen LogP contribution in [0.4, 0.5) is 0 Å². The highest BCUT2D eigenvalue weighted by molar-refractivity contribution is 6.81. The summed E-state index contributed by atoms with van der Waals surface area (Å²) in [5.74, 6) is 0. The zero-order chi connectivity index (χ0) is 15.5.